The summed E-state index contributed by atoms with van der Waals surface area (Å²) in [5.74, 6) is 1.28. The van der Waals surface area contributed by atoms with Crippen molar-refractivity contribution in [2.75, 3.05) is 5.73 Å². The van der Waals surface area contributed by atoms with Gasteiger partial charge in [0, 0.05) is 18.2 Å². The molecule has 0 saturated carbocycles. The Morgan fingerprint density at radius 3 is 2.18 bits per heavy atom. The molecule has 0 radical (unpaired) electrons. The van der Waals surface area contributed by atoms with E-state index in [1.54, 1.807) is 4.68 Å². The molecule has 0 aliphatic heterocycles. The van der Waals surface area contributed by atoms with Crippen LogP contribution in [0.25, 0.3) is 11.3 Å². The van der Waals surface area contributed by atoms with Crippen molar-refractivity contribution in [1.82, 2.24) is 9.78 Å². The molecule has 2 N–H and O–H groups in total. The smallest absolute Gasteiger partial charge is 0.124 e. The standard InChI is InChI=1S/C14H19N3/c1-9(2)11-5-7-12(8-6-11)13-10(3)14(15)17(4)16-13/h5-9H,15H2,1-4H3. The van der Waals surface area contributed by atoms with E-state index in [1.165, 1.54) is 5.56 Å². The Labute approximate surface area is 102 Å². The van der Waals surface area contributed by atoms with Crippen molar-refractivity contribution < 1.29 is 0 Å². The van der Waals surface area contributed by atoms with Gasteiger partial charge >= 0.3 is 0 Å². The van der Waals surface area contributed by atoms with E-state index in [1.807, 2.05) is 14.0 Å². The van der Waals surface area contributed by atoms with E-state index < -0.39 is 0 Å². The van der Waals surface area contributed by atoms with E-state index >= 15 is 0 Å². The van der Waals surface area contributed by atoms with Crippen molar-refractivity contribution in [2.45, 2.75) is 26.7 Å². The topological polar surface area (TPSA) is 43.8 Å². The lowest BCUT2D eigenvalue weighted by Gasteiger charge is -2.06. The van der Waals surface area contributed by atoms with Gasteiger partial charge in [-0.3, -0.25) is 4.68 Å². The summed E-state index contributed by atoms with van der Waals surface area (Å²) < 4.78 is 1.72. The number of rotatable bonds is 2. The summed E-state index contributed by atoms with van der Waals surface area (Å²) in [7, 11) is 1.87. The van der Waals surface area contributed by atoms with Crippen LogP contribution >= 0.6 is 0 Å². The van der Waals surface area contributed by atoms with Crippen LogP contribution in [0.15, 0.2) is 24.3 Å². The lowest BCUT2D eigenvalue weighted by atomic mass is 10.00. The molecule has 2 rings (SSSR count). The zero-order valence-corrected chi connectivity index (χ0v) is 10.9. The van der Waals surface area contributed by atoms with Gasteiger partial charge in [0.05, 0.1) is 5.69 Å². The second-order valence-corrected chi connectivity index (χ2v) is 4.76. The van der Waals surface area contributed by atoms with Gasteiger partial charge in [0.2, 0.25) is 0 Å². The minimum absolute atomic E-state index is 0.555. The van der Waals surface area contributed by atoms with Gasteiger partial charge in [-0.25, -0.2) is 0 Å². The lowest BCUT2D eigenvalue weighted by Crippen LogP contribution is -1.97. The first-order valence-electron chi connectivity index (χ1n) is 5.90. The number of hydrogen-bond acceptors (Lipinski definition) is 2. The predicted octanol–water partition coefficient (Wildman–Crippen LogP) is 3.10. The lowest BCUT2D eigenvalue weighted by molar-refractivity contribution is 0.782. The summed E-state index contributed by atoms with van der Waals surface area (Å²) in [6, 6.07) is 8.54. The van der Waals surface area contributed by atoms with Crippen LogP contribution in [0, 0.1) is 6.92 Å². The van der Waals surface area contributed by atoms with Gasteiger partial charge in [0.15, 0.2) is 0 Å². The van der Waals surface area contributed by atoms with Crippen LogP contribution in [-0.4, -0.2) is 9.78 Å². The highest BCUT2D eigenvalue weighted by atomic mass is 15.3. The minimum Gasteiger partial charge on any atom is -0.384 e. The highest BCUT2D eigenvalue weighted by molar-refractivity contribution is 5.68. The zero-order chi connectivity index (χ0) is 12.6. The van der Waals surface area contributed by atoms with Crippen molar-refractivity contribution in [3.8, 4) is 11.3 Å². The normalized spacial score (nSPS) is 11.1. The van der Waals surface area contributed by atoms with Crippen molar-refractivity contribution >= 4 is 5.82 Å². The maximum atomic E-state index is 5.92. The Morgan fingerprint density at radius 1 is 1.18 bits per heavy atom. The van der Waals surface area contributed by atoms with Gasteiger partial charge in [-0.1, -0.05) is 38.1 Å². The van der Waals surface area contributed by atoms with Crippen LogP contribution in [-0.2, 0) is 7.05 Å². The van der Waals surface area contributed by atoms with E-state index in [2.05, 4.69) is 43.2 Å². The minimum atomic E-state index is 0.555. The highest BCUT2D eigenvalue weighted by Crippen LogP contribution is 2.27. The maximum Gasteiger partial charge on any atom is 0.124 e. The first-order valence-corrected chi connectivity index (χ1v) is 5.90. The Bertz CT molecular complexity index is 521. The number of hydrogen-bond donors (Lipinski definition) is 1. The molecule has 1 aromatic heterocycles. The fraction of sp³-hybridized carbons (Fsp3) is 0.357. The van der Waals surface area contributed by atoms with Gasteiger partial charge in [-0.05, 0) is 18.4 Å². The van der Waals surface area contributed by atoms with Gasteiger partial charge in [-0.2, -0.15) is 5.10 Å². The van der Waals surface area contributed by atoms with Crippen LogP contribution in [0.4, 0.5) is 5.82 Å². The third-order valence-corrected chi connectivity index (χ3v) is 3.19. The Balaban J connectivity index is 2.43. The molecule has 3 nitrogen and oxygen atoms in total. The third kappa shape index (κ3) is 2.05. The second-order valence-electron chi connectivity index (χ2n) is 4.76. The van der Waals surface area contributed by atoms with Crippen LogP contribution in [0.1, 0.15) is 30.9 Å². The predicted molar refractivity (Wildman–Crippen MR) is 71.9 cm³/mol. The van der Waals surface area contributed by atoms with Gasteiger partial charge in [-0.15, -0.1) is 0 Å². The van der Waals surface area contributed by atoms with E-state index in [9.17, 15) is 0 Å². The van der Waals surface area contributed by atoms with Crippen molar-refractivity contribution in [2.24, 2.45) is 7.05 Å². The van der Waals surface area contributed by atoms with E-state index in [4.69, 9.17) is 5.73 Å². The molecule has 0 amide bonds. The van der Waals surface area contributed by atoms with Crippen LogP contribution < -0.4 is 5.73 Å². The Kier molecular flexibility index (Phi) is 2.92. The molecule has 90 valence electrons. The van der Waals surface area contributed by atoms with E-state index in [0.717, 1.165) is 22.6 Å². The molecule has 0 spiro atoms. The monoisotopic (exact) mass is 229 g/mol. The molecule has 1 heterocycles. The number of nitrogens with two attached hydrogens (primary N) is 1. The van der Waals surface area contributed by atoms with Gasteiger partial charge < -0.3 is 5.73 Å². The van der Waals surface area contributed by atoms with Crippen LogP contribution in [0.5, 0.6) is 0 Å². The first kappa shape index (κ1) is 11.7. The van der Waals surface area contributed by atoms with Crippen molar-refractivity contribution in [1.29, 1.82) is 0 Å². The summed E-state index contributed by atoms with van der Waals surface area (Å²) in [6.45, 7) is 6.39. The quantitative estimate of drug-likeness (QED) is 0.860. The molecule has 0 atom stereocenters. The summed E-state index contributed by atoms with van der Waals surface area (Å²) >= 11 is 0. The van der Waals surface area contributed by atoms with Crippen molar-refractivity contribution in [3.63, 3.8) is 0 Å². The fourth-order valence-electron chi connectivity index (χ4n) is 1.94. The molecule has 17 heavy (non-hydrogen) atoms. The molecule has 0 bridgehead atoms. The summed E-state index contributed by atoms with van der Waals surface area (Å²) in [6.07, 6.45) is 0. The molecular weight excluding hydrogens is 210 g/mol. The SMILES string of the molecule is Cc1c(-c2ccc(C(C)C)cc2)nn(C)c1N. The molecular formula is C14H19N3. The fourth-order valence-corrected chi connectivity index (χ4v) is 1.94. The first-order chi connectivity index (χ1) is 8.00. The molecule has 1 aromatic carbocycles. The molecule has 0 aliphatic carbocycles. The van der Waals surface area contributed by atoms with Crippen LogP contribution in [0.3, 0.4) is 0 Å². The van der Waals surface area contributed by atoms with Crippen LogP contribution in [0.2, 0.25) is 0 Å². The average Bonchev–Trinajstić information content (AvgIpc) is 2.57. The molecule has 0 saturated heterocycles. The molecule has 3 heteroatoms. The number of nitrogen functional groups attached to an aromatic ring is 1. The summed E-state index contributed by atoms with van der Waals surface area (Å²) in [5, 5.41) is 4.45. The van der Waals surface area contributed by atoms with Gasteiger partial charge in [0.25, 0.3) is 0 Å². The maximum absolute atomic E-state index is 5.92. The summed E-state index contributed by atoms with van der Waals surface area (Å²) in [5.41, 5.74) is 10.4. The zero-order valence-electron chi connectivity index (χ0n) is 10.9. The number of nitrogens with zero attached hydrogens (tertiary/aromatic N) is 2. The molecule has 0 unspecified atom stereocenters. The Hall–Kier alpha value is -1.77. The van der Waals surface area contributed by atoms with Crippen molar-refractivity contribution in [3.05, 3.63) is 35.4 Å². The third-order valence-electron chi connectivity index (χ3n) is 3.19. The summed E-state index contributed by atoms with van der Waals surface area (Å²) in [4.78, 5) is 0. The Morgan fingerprint density at radius 2 is 1.76 bits per heavy atom. The highest BCUT2D eigenvalue weighted by Gasteiger charge is 2.11. The average molecular weight is 229 g/mol. The number of aryl methyl sites for hydroxylation is 1. The molecule has 0 aliphatic rings. The van der Waals surface area contributed by atoms with E-state index in [0.29, 0.717) is 5.92 Å². The molecule has 2 aromatic rings. The largest absolute Gasteiger partial charge is 0.384 e. The number of aromatic nitrogens is 2. The molecule has 0 fully saturated rings. The number of benzene rings is 1. The van der Waals surface area contributed by atoms with Gasteiger partial charge in [0.1, 0.15) is 5.82 Å². The number of anilines is 1. The van der Waals surface area contributed by atoms with E-state index in [-0.39, 0.29) is 0 Å². The second kappa shape index (κ2) is 4.24.